The molecule has 0 unspecified atom stereocenters. The highest BCUT2D eigenvalue weighted by atomic mass is 16.5. The van der Waals surface area contributed by atoms with Crippen molar-refractivity contribution in [2.75, 3.05) is 0 Å². The summed E-state index contributed by atoms with van der Waals surface area (Å²) in [7, 11) is 0. The van der Waals surface area contributed by atoms with Crippen LogP contribution in [0, 0.1) is 23.2 Å². The molecule has 0 saturated heterocycles. The minimum absolute atomic E-state index is 0.0186. The van der Waals surface area contributed by atoms with Gasteiger partial charge in [0.2, 0.25) is 0 Å². The normalized spacial score (nSPS) is 30.5. The number of hydrogen-bond donors (Lipinski definition) is 0. The minimum atomic E-state index is 0.0186. The molecule has 2 rings (SSSR count). The van der Waals surface area contributed by atoms with Gasteiger partial charge in [-0.15, -0.1) is 0 Å². The van der Waals surface area contributed by atoms with Crippen LogP contribution in [-0.4, -0.2) is 12.1 Å². The van der Waals surface area contributed by atoms with Crippen molar-refractivity contribution < 1.29 is 9.53 Å². The van der Waals surface area contributed by atoms with Crippen molar-refractivity contribution in [3.8, 4) is 6.07 Å². The molecule has 0 N–H and O–H groups in total. The third-order valence-corrected chi connectivity index (χ3v) is 4.08. The largest absolute Gasteiger partial charge is 0.462 e. The Morgan fingerprint density at radius 3 is 2.24 bits per heavy atom. The molecular weight excluding hydrogens is 214 g/mol. The Morgan fingerprint density at radius 1 is 1.00 bits per heavy atom. The summed E-state index contributed by atoms with van der Waals surface area (Å²) in [5.74, 6) is 0.349. The molecule has 0 radical (unpaired) electrons. The number of rotatable bonds is 2. The highest BCUT2D eigenvalue weighted by Crippen LogP contribution is 2.29. The van der Waals surface area contributed by atoms with Crippen molar-refractivity contribution in [2.45, 2.75) is 63.9 Å². The van der Waals surface area contributed by atoms with Crippen LogP contribution >= 0.6 is 0 Å². The van der Waals surface area contributed by atoms with Gasteiger partial charge in [-0.25, -0.2) is 0 Å². The summed E-state index contributed by atoms with van der Waals surface area (Å²) in [6, 6.07) is 2.30. The topological polar surface area (TPSA) is 50.1 Å². The van der Waals surface area contributed by atoms with Gasteiger partial charge in [0, 0.05) is 5.92 Å². The zero-order valence-corrected chi connectivity index (χ0v) is 10.4. The van der Waals surface area contributed by atoms with Gasteiger partial charge in [-0.1, -0.05) is 19.3 Å². The first-order valence-corrected chi connectivity index (χ1v) is 6.89. The van der Waals surface area contributed by atoms with Crippen LogP contribution < -0.4 is 0 Å². The van der Waals surface area contributed by atoms with E-state index in [1.807, 2.05) is 0 Å². The lowest BCUT2D eigenvalue weighted by Crippen LogP contribution is -2.28. The molecule has 0 aromatic carbocycles. The van der Waals surface area contributed by atoms with E-state index in [0.717, 1.165) is 38.5 Å². The first-order chi connectivity index (χ1) is 8.29. The quantitative estimate of drug-likeness (QED) is 0.691. The summed E-state index contributed by atoms with van der Waals surface area (Å²) in [5.41, 5.74) is 0. The number of ether oxygens (including phenoxy) is 1. The molecule has 0 heterocycles. The van der Waals surface area contributed by atoms with E-state index in [9.17, 15) is 4.79 Å². The molecule has 0 aromatic rings. The van der Waals surface area contributed by atoms with Gasteiger partial charge in [-0.2, -0.15) is 5.26 Å². The van der Waals surface area contributed by atoms with Gasteiger partial charge < -0.3 is 4.74 Å². The number of carbonyl (C=O) groups is 1. The van der Waals surface area contributed by atoms with E-state index >= 15 is 0 Å². The lowest BCUT2D eigenvalue weighted by molar-refractivity contribution is -0.156. The van der Waals surface area contributed by atoms with Crippen LogP contribution in [0.2, 0.25) is 0 Å². The van der Waals surface area contributed by atoms with E-state index < -0.39 is 0 Å². The molecule has 17 heavy (non-hydrogen) atoms. The molecule has 2 fully saturated rings. The Bertz CT molecular complexity index is 294. The molecule has 2 aliphatic rings. The highest BCUT2D eigenvalue weighted by Gasteiger charge is 2.28. The van der Waals surface area contributed by atoms with E-state index in [1.165, 1.54) is 19.3 Å². The fourth-order valence-corrected chi connectivity index (χ4v) is 2.91. The Labute approximate surface area is 103 Å². The molecule has 0 atom stereocenters. The van der Waals surface area contributed by atoms with Gasteiger partial charge in [0.1, 0.15) is 6.10 Å². The monoisotopic (exact) mass is 235 g/mol. The molecule has 2 saturated carbocycles. The molecule has 0 aromatic heterocycles. The summed E-state index contributed by atoms with van der Waals surface area (Å²) < 4.78 is 5.58. The maximum atomic E-state index is 11.9. The predicted molar refractivity (Wildman–Crippen MR) is 64.0 cm³/mol. The van der Waals surface area contributed by atoms with Gasteiger partial charge >= 0.3 is 5.97 Å². The van der Waals surface area contributed by atoms with Crippen molar-refractivity contribution in [1.29, 1.82) is 5.26 Å². The standard InChI is InChI=1S/C14H21NO2/c15-10-11-6-8-13(9-7-11)17-14(16)12-4-2-1-3-5-12/h11-13H,1-9H2. The first-order valence-electron chi connectivity index (χ1n) is 6.89. The maximum absolute atomic E-state index is 11.9. The molecular formula is C14H21NO2. The van der Waals surface area contributed by atoms with Crippen molar-refractivity contribution in [1.82, 2.24) is 0 Å². The second-order valence-corrected chi connectivity index (χ2v) is 5.37. The lowest BCUT2D eigenvalue weighted by Gasteiger charge is -2.27. The van der Waals surface area contributed by atoms with Crippen LogP contribution in [0.4, 0.5) is 0 Å². The minimum Gasteiger partial charge on any atom is -0.462 e. The molecule has 94 valence electrons. The van der Waals surface area contributed by atoms with Gasteiger partial charge in [-0.05, 0) is 38.5 Å². The summed E-state index contributed by atoms with van der Waals surface area (Å²) >= 11 is 0. The summed E-state index contributed by atoms with van der Waals surface area (Å²) in [5, 5.41) is 8.81. The summed E-state index contributed by atoms with van der Waals surface area (Å²) in [4.78, 5) is 11.9. The SMILES string of the molecule is N#CC1CCC(OC(=O)C2CCCCC2)CC1. The van der Waals surface area contributed by atoms with Gasteiger partial charge in [0.05, 0.1) is 12.0 Å². The van der Waals surface area contributed by atoms with Crippen molar-refractivity contribution >= 4 is 5.97 Å². The Hall–Kier alpha value is -1.04. The Balaban J connectivity index is 1.74. The Morgan fingerprint density at radius 2 is 1.65 bits per heavy atom. The highest BCUT2D eigenvalue weighted by molar-refractivity contribution is 5.72. The molecule has 0 bridgehead atoms. The van der Waals surface area contributed by atoms with E-state index in [2.05, 4.69) is 6.07 Å². The van der Waals surface area contributed by atoms with Gasteiger partial charge in [0.25, 0.3) is 0 Å². The van der Waals surface area contributed by atoms with Crippen LogP contribution in [0.25, 0.3) is 0 Å². The Kier molecular flexibility index (Phi) is 4.42. The van der Waals surface area contributed by atoms with Crippen LogP contribution in [0.3, 0.4) is 0 Å². The number of nitriles is 1. The van der Waals surface area contributed by atoms with Crippen LogP contribution in [0.15, 0.2) is 0 Å². The fourth-order valence-electron chi connectivity index (χ4n) is 2.91. The second kappa shape index (κ2) is 6.05. The van der Waals surface area contributed by atoms with E-state index in [4.69, 9.17) is 10.00 Å². The average molecular weight is 235 g/mol. The molecule has 0 aliphatic heterocycles. The summed E-state index contributed by atoms with van der Waals surface area (Å²) in [6.45, 7) is 0. The number of nitrogens with zero attached hydrogens (tertiary/aromatic N) is 1. The van der Waals surface area contributed by atoms with E-state index in [-0.39, 0.29) is 23.9 Å². The maximum Gasteiger partial charge on any atom is 0.309 e. The second-order valence-electron chi connectivity index (χ2n) is 5.37. The van der Waals surface area contributed by atoms with Crippen molar-refractivity contribution in [3.63, 3.8) is 0 Å². The fraction of sp³-hybridized carbons (Fsp3) is 0.857. The number of carbonyl (C=O) groups excluding carboxylic acids is 1. The third kappa shape index (κ3) is 3.46. The summed E-state index contributed by atoms with van der Waals surface area (Å²) in [6.07, 6.45) is 9.21. The smallest absolute Gasteiger partial charge is 0.309 e. The number of esters is 1. The van der Waals surface area contributed by atoms with E-state index in [0.29, 0.717) is 0 Å². The predicted octanol–water partition coefficient (Wildman–Crippen LogP) is 3.19. The molecule has 3 heteroatoms. The number of hydrogen-bond acceptors (Lipinski definition) is 3. The molecule has 2 aliphatic carbocycles. The first kappa shape index (κ1) is 12.4. The van der Waals surface area contributed by atoms with Crippen LogP contribution in [0.5, 0.6) is 0 Å². The molecule has 0 amide bonds. The average Bonchev–Trinajstić information content (AvgIpc) is 2.40. The van der Waals surface area contributed by atoms with Crippen LogP contribution in [-0.2, 0) is 9.53 Å². The van der Waals surface area contributed by atoms with Gasteiger partial charge in [-0.3, -0.25) is 4.79 Å². The lowest BCUT2D eigenvalue weighted by atomic mass is 9.87. The van der Waals surface area contributed by atoms with Crippen molar-refractivity contribution in [2.24, 2.45) is 11.8 Å². The molecule has 0 spiro atoms. The van der Waals surface area contributed by atoms with E-state index in [1.54, 1.807) is 0 Å². The van der Waals surface area contributed by atoms with Crippen LogP contribution in [0.1, 0.15) is 57.8 Å². The zero-order chi connectivity index (χ0) is 12.1. The van der Waals surface area contributed by atoms with Gasteiger partial charge in [0.15, 0.2) is 0 Å². The van der Waals surface area contributed by atoms with Crippen molar-refractivity contribution in [3.05, 3.63) is 0 Å². The third-order valence-electron chi connectivity index (χ3n) is 4.08. The molecule has 3 nitrogen and oxygen atoms in total. The zero-order valence-electron chi connectivity index (χ0n) is 10.4.